The van der Waals surface area contributed by atoms with Gasteiger partial charge in [0.15, 0.2) is 0 Å². The highest BCUT2D eigenvalue weighted by molar-refractivity contribution is 5.95. The topological polar surface area (TPSA) is 41.5 Å². The molecule has 1 atom stereocenters. The summed E-state index contributed by atoms with van der Waals surface area (Å²) in [5.74, 6) is 0.364. The van der Waals surface area contributed by atoms with Crippen molar-refractivity contribution < 1.29 is 4.79 Å². The number of nitrogens with zero attached hydrogens (tertiary/aromatic N) is 1. The molecule has 0 aliphatic heterocycles. The fraction of sp³-hybridized carbons (Fsp3) is 0.556. The zero-order chi connectivity index (χ0) is 15.5. The molecule has 1 aromatic rings. The average Bonchev–Trinajstić information content (AvgIpc) is 2.45. The molecule has 0 aromatic heterocycles. The van der Waals surface area contributed by atoms with Crippen LogP contribution in [-0.2, 0) is 5.41 Å². The molecule has 1 aliphatic rings. The van der Waals surface area contributed by atoms with Gasteiger partial charge >= 0.3 is 0 Å². The number of nitrogens with one attached hydrogen (secondary N) is 1. The van der Waals surface area contributed by atoms with E-state index in [1.165, 1.54) is 24.8 Å². The monoisotopic (exact) mass is 286 g/mol. The van der Waals surface area contributed by atoms with E-state index in [1.54, 1.807) is 0 Å². The maximum atomic E-state index is 12.1. The van der Waals surface area contributed by atoms with Crippen molar-refractivity contribution in [3.8, 4) is 0 Å². The number of carbonyl (C=O) groups excluding carboxylic acids is 1. The van der Waals surface area contributed by atoms with Crippen molar-refractivity contribution in [3.05, 3.63) is 35.4 Å². The highest BCUT2D eigenvalue weighted by atomic mass is 16.2. The van der Waals surface area contributed by atoms with Crippen LogP contribution in [0.4, 0.5) is 0 Å². The van der Waals surface area contributed by atoms with Crippen molar-refractivity contribution in [2.75, 3.05) is 0 Å². The van der Waals surface area contributed by atoms with Gasteiger partial charge in [-0.1, -0.05) is 46.2 Å². The maximum Gasteiger partial charge on any atom is 0.271 e. The van der Waals surface area contributed by atoms with Crippen molar-refractivity contribution in [1.29, 1.82) is 0 Å². The zero-order valence-electron chi connectivity index (χ0n) is 13.6. The van der Waals surface area contributed by atoms with Crippen LogP contribution in [0.25, 0.3) is 0 Å². The molecule has 0 bridgehead atoms. The van der Waals surface area contributed by atoms with Crippen LogP contribution in [0.5, 0.6) is 0 Å². The molecule has 3 nitrogen and oxygen atoms in total. The molecule has 1 aliphatic carbocycles. The Labute approximate surface area is 127 Å². The number of benzene rings is 1. The largest absolute Gasteiger partial charge is 0.271 e. The first-order valence-corrected chi connectivity index (χ1v) is 7.85. The maximum absolute atomic E-state index is 12.1. The third kappa shape index (κ3) is 4.16. The molecule has 1 saturated carbocycles. The van der Waals surface area contributed by atoms with Gasteiger partial charge in [0.05, 0.1) is 0 Å². The number of amides is 1. The van der Waals surface area contributed by atoms with Crippen molar-refractivity contribution in [3.63, 3.8) is 0 Å². The van der Waals surface area contributed by atoms with E-state index < -0.39 is 0 Å². The first-order valence-electron chi connectivity index (χ1n) is 7.85. The van der Waals surface area contributed by atoms with Crippen LogP contribution in [0, 0.1) is 5.92 Å². The summed E-state index contributed by atoms with van der Waals surface area (Å²) in [7, 11) is 0. The Balaban J connectivity index is 2.02. The molecule has 0 unspecified atom stereocenters. The van der Waals surface area contributed by atoms with E-state index in [1.807, 2.05) is 24.3 Å². The summed E-state index contributed by atoms with van der Waals surface area (Å²) in [6.07, 6.45) is 4.63. The Kier molecular flexibility index (Phi) is 4.81. The second kappa shape index (κ2) is 6.42. The SMILES string of the molecule is C[C@@H]1CCCCC1=NNC(=O)c1ccc(C(C)(C)C)cc1. The van der Waals surface area contributed by atoms with E-state index >= 15 is 0 Å². The number of carbonyl (C=O) groups is 1. The summed E-state index contributed by atoms with van der Waals surface area (Å²) >= 11 is 0. The van der Waals surface area contributed by atoms with E-state index in [0.29, 0.717) is 11.5 Å². The highest BCUT2D eigenvalue weighted by Gasteiger charge is 2.17. The van der Waals surface area contributed by atoms with Gasteiger partial charge in [-0.2, -0.15) is 5.10 Å². The van der Waals surface area contributed by atoms with E-state index in [2.05, 4.69) is 38.2 Å². The molecule has 114 valence electrons. The lowest BCUT2D eigenvalue weighted by Gasteiger charge is -2.20. The van der Waals surface area contributed by atoms with E-state index in [9.17, 15) is 4.79 Å². The normalized spacial score (nSPS) is 21.3. The van der Waals surface area contributed by atoms with Gasteiger partial charge in [0.2, 0.25) is 0 Å². The quantitative estimate of drug-likeness (QED) is 0.810. The van der Waals surface area contributed by atoms with E-state index in [4.69, 9.17) is 0 Å². The van der Waals surface area contributed by atoms with Crippen LogP contribution in [0.2, 0.25) is 0 Å². The minimum absolute atomic E-state index is 0.104. The molecule has 0 spiro atoms. The minimum Gasteiger partial charge on any atom is -0.267 e. The fourth-order valence-corrected chi connectivity index (χ4v) is 2.64. The molecule has 3 heteroatoms. The second-order valence-corrected chi connectivity index (χ2v) is 7.02. The van der Waals surface area contributed by atoms with Gasteiger partial charge in [0.25, 0.3) is 5.91 Å². The van der Waals surface area contributed by atoms with Crippen LogP contribution in [0.15, 0.2) is 29.4 Å². The summed E-state index contributed by atoms with van der Waals surface area (Å²) in [5, 5.41) is 4.33. The Morgan fingerprint density at radius 2 is 1.86 bits per heavy atom. The van der Waals surface area contributed by atoms with Crippen LogP contribution >= 0.6 is 0 Å². The number of rotatable bonds is 2. The molecule has 0 heterocycles. The molecule has 1 aromatic carbocycles. The Hall–Kier alpha value is -1.64. The highest BCUT2D eigenvalue weighted by Crippen LogP contribution is 2.22. The first kappa shape index (κ1) is 15.7. The van der Waals surface area contributed by atoms with Crippen LogP contribution in [0.1, 0.15) is 69.3 Å². The Morgan fingerprint density at radius 3 is 2.43 bits per heavy atom. The smallest absolute Gasteiger partial charge is 0.267 e. The number of hydrogen-bond acceptors (Lipinski definition) is 2. The summed E-state index contributed by atoms with van der Waals surface area (Å²) in [4.78, 5) is 12.1. The molecule has 2 rings (SSSR count). The Morgan fingerprint density at radius 1 is 1.19 bits per heavy atom. The third-order valence-corrected chi connectivity index (χ3v) is 4.20. The van der Waals surface area contributed by atoms with Gasteiger partial charge in [0, 0.05) is 11.3 Å². The lowest BCUT2D eigenvalue weighted by atomic mass is 9.87. The number of hydrogen-bond donors (Lipinski definition) is 1. The molecular formula is C18H26N2O. The third-order valence-electron chi connectivity index (χ3n) is 4.20. The van der Waals surface area contributed by atoms with Gasteiger partial charge in [-0.25, -0.2) is 5.43 Å². The van der Waals surface area contributed by atoms with Crippen molar-refractivity contribution >= 4 is 11.6 Å². The molecular weight excluding hydrogens is 260 g/mol. The molecule has 1 amide bonds. The summed E-state index contributed by atoms with van der Waals surface area (Å²) in [6.45, 7) is 8.68. The van der Waals surface area contributed by atoms with Crippen LogP contribution in [0.3, 0.4) is 0 Å². The Bertz CT molecular complexity index is 523. The summed E-state index contributed by atoms with van der Waals surface area (Å²) in [5.41, 5.74) is 5.83. The summed E-state index contributed by atoms with van der Waals surface area (Å²) in [6, 6.07) is 7.79. The van der Waals surface area contributed by atoms with Crippen LogP contribution < -0.4 is 5.43 Å². The van der Waals surface area contributed by atoms with Crippen LogP contribution in [-0.4, -0.2) is 11.6 Å². The summed E-state index contributed by atoms with van der Waals surface area (Å²) < 4.78 is 0. The standard InChI is InChI=1S/C18H26N2O/c1-13-7-5-6-8-16(13)19-20-17(21)14-9-11-15(12-10-14)18(2,3)4/h9-13H,5-8H2,1-4H3,(H,20,21)/t13-/m1/s1. The van der Waals surface area contributed by atoms with Gasteiger partial charge in [-0.3, -0.25) is 4.79 Å². The van der Waals surface area contributed by atoms with Crippen molar-refractivity contribution in [2.45, 2.75) is 58.8 Å². The molecule has 1 N–H and O–H groups in total. The molecule has 0 radical (unpaired) electrons. The lowest BCUT2D eigenvalue weighted by Crippen LogP contribution is -2.24. The van der Waals surface area contributed by atoms with Gasteiger partial charge < -0.3 is 0 Å². The molecule has 21 heavy (non-hydrogen) atoms. The van der Waals surface area contributed by atoms with E-state index in [-0.39, 0.29) is 11.3 Å². The fourth-order valence-electron chi connectivity index (χ4n) is 2.64. The van der Waals surface area contributed by atoms with Gasteiger partial charge in [-0.15, -0.1) is 0 Å². The lowest BCUT2D eigenvalue weighted by molar-refractivity contribution is 0.0954. The van der Waals surface area contributed by atoms with Crippen molar-refractivity contribution in [1.82, 2.24) is 5.43 Å². The molecule has 0 saturated heterocycles. The molecule has 1 fully saturated rings. The van der Waals surface area contributed by atoms with Gasteiger partial charge in [0.1, 0.15) is 0 Å². The number of hydrazone groups is 1. The van der Waals surface area contributed by atoms with Gasteiger partial charge in [-0.05, 0) is 48.3 Å². The van der Waals surface area contributed by atoms with Crippen molar-refractivity contribution in [2.24, 2.45) is 11.0 Å². The first-order chi connectivity index (χ1) is 9.88. The second-order valence-electron chi connectivity index (χ2n) is 7.02. The average molecular weight is 286 g/mol. The zero-order valence-corrected chi connectivity index (χ0v) is 13.6. The predicted octanol–water partition coefficient (Wildman–Crippen LogP) is 4.28. The minimum atomic E-state index is -0.124. The van der Waals surface area contributed by atoms with E-state index in [0.717, 1.165) is 12.1 Å². The predicted molar refractivity (Wildman–Crippen MR) is 87.7 cm³/mol.